The molecule has 6 heteroatoms. The van der Waals surface area contributed by atoms with Gasteiger partial charge in [-0.25, -0.2) is 13.2 Å². The Balaban J connectivity index is 1.65. The summed E-state index contributed by atoms with van der Waals surface area (Å²) in [5.41, 5.74) is 2.30. The van der Waals surface area contributed by atoms with E-state index >= 15 is 8.78 Å². The normalized spacial score (nSPS) is 13.0. The number of H-pyrrole nitrogens is 1. The molecule has 40 heavy (non-hydrogen) atoms. The molecule has 0 aliphatic heterocycles. The number of unbranched alkanes of at least 4 members (excludes halogenated alkanes) is 3. The maximum Gasteiger partial charge on any atom is 0.130 e. The number of fused-ring (bicyclic) bond motifs is 1. The Morgan fingerprint density at radius 1 is 0.900 bits per heavy atom. The van der Waals surface area contributed by atoms with Gasteiger partial charge in [-0.3, -0.25) is 0 Å². The van der Waals surface area contributed by atoms with Crippen LogP contribution < -0.4 is 5.32 Å². The largest absolute Gasteiger partial charge is 0.358 e. The number of nitrogens with zero attached hydrogens (tertiary/aromatic N) is 1. The van der Waals surface area contributed by atoms with E-state index in [1.807, 2.05) is 31.2 Å². The van der Waals surface area contributed by atoms with Crippen molar-refractivity contribution in [2.24, 2.45) is 0 Å². The Morgan fingerprint density at radius 2 is 1.55 bits per heavy atom. The second-order valence-electron chi connectivity index (χ2n) is 11.9. The van der Waals surface area contributed by atoms with Crippen molar-refractivity contribution in [2.75, 3.05) is 32.7 Å². The molecule has 3 aromatic rings. The fourth-order valence-corrected chi connectivity index (χ4v) is 5.78. The van der Waals surface area contributed by atoms with Crippen LogP contribution in [0.5, 0.6) is 0 Å². The molecule has 0 spiro atoms. The number of benzene rings is 2. The van der Waals surface area contributed by atoms with Gasteiger partial charge in [0.25, 0.3) is 0 Å². The molecule has 222 valence electrons. The molecule has 1 atom stereocenters. The van der Waals surface area contributed by atoms with Crippen LogP contribution in [0.1, 0.15) is 101 Å². The molecule has 1 unspecified atom stereocenters. The van der Waals surface area contributed by atoms with Gasteiger partial charge in [-0.1, -0.05) is 51.8 Å². The molecule has 0 saturated carbocycles. The first-order chi connectivity index (χ1) is 19.1. The molecule has 2 N–H and O–H groups in total. The van der Waals surface area contributed by atoms with E-state index in [4.69, 9.17) is 0 Å². The van der Waals surface area contributed by atoms with Crippen LogP contribution in [-0.4, -0.2) is 48.3 Å². The fourth-order valence-electron chi connectivity index (χ4n) is 5.78. The first-order valence-electron chi connectivity index (χ1n) is 15.3. The predicted molar refractivity (Wildman–Crippen MR) is 163 cm³/mol. The molecule has 0 fully saturated rings. The Labute approximate surface area is 239 Å². The average molecular weight is 558 g/mol. The van der Waals surface area contributed by atoms with Crippen molar-refractivity contribution in [1.29, 1.82) is 0 Å². The van der Waals surface area contributed by atoms with E-state index in [1.165, 1.54) is 31.4 Å². The van der Waals surface area contributed by atoms with Crippen molar-refractivity contribution in [3.05, 3.63) is 70.4 Å². The van der Waals surface area contributed by atoms with Gasteiger partial charge in [0.2, 0.25) is 0 Å². The third-order valence-electron chi connectivity index (χ3n) is 7.72. The van der Waals surface area contributed by atoms with E-state index in [-0.39, 0.29) is 12.1 Å². The minimum Gasteiger partial charge on any atom is -0.358 e. The SMILES string of the molecule is CCCN(CCC)CCCCCCc1cc(F)c(C(C)c2[nH]c3ccccc3c2CCNCC(C)(C)F)c(F)c1. The number of hydrogen-bond donors (Lipinski definition) is 2. The summed E-state index contributed by atoms with van der Waals surface area (Å²) in [6.07, 6.45) is 8.01. The number of aryl methyl sites for hydroxylation is 1. The Bertz CT molecular complexity index is 1150. The lowest BCUT2D eigenvalue weighted by atomic mass is 9.91. The maximum absolute atomic E-state index is 15.4. The molecule has 0 amide bonds. The third-order valence-corrected chi connectivity index (χ3v) is 7.72. The highest BCUT2D eigenvalue weighted by Crippen LogP contribution is 2.35. The highest BCUT2D eigenvalue weighted by molar-refractivity contribution is 5.85. The lowest BCUT2D eigenvalue weighted by Gasteiger charge is -2.20. The van der Waals surface area contributed by atoms with Crippen LogP contribution in [0, 0.1) is 11.6 Å². The van der Waals surface area contributed by atoms with Crippen molar-refractivity contribution in [1.82, 2.24) is 15.2 Å². The number of aromatic amines is 1. The summed E-state index contributed by atoms with van der Waals surface area (Å²) in [4.78, 5) is 5.96. The molecule has 3 nitrogen and oxygen atoms in total. The van der Waals surface area contributed by atoms with Crippen LogP contribution in [0.15, 0.2) is 36.4 Å². The van der Waals surface area contributed by atoms with E-state index < -0.39 is 23.2 Å². The Hall–Kier alpha value is -2.31. The van der Waals surface area contributed by atoms with Crippen molar-refractivity contribution >= 4 is 10.9 Å². The summed E-state index contributed by atoms with van der Waals surface area (Å²) >= 11 is 0. The molecular formula is C34H50F3N3. The highest BCUT2D eigenvalue weighted by Gasteiger charge is 2.24. The third kappa shape index (κ3) is 9.37. The highest BCUT2D eigenvalue weighted by atomic mass is 19.1. The zero-order valence-corrected chi connectivity index (χ0v) is 25.3. The summed E-state index contributed by atoms with van der Waals surface area (Å²) in [6.45, 7) is 13.7. The molecule has 0 saturated heterocycles. The summed E-state index contributed by atoms with van der Waals surface area (Å²) < 4.78 is 44.8. The molecule has 3 rings (SSSR count). The van der Waals surface area contributed by atoms with Gasteiger partial charge in [-0.05, 0) is 108 Å². The lowest BCUT2D eigenvalue weighted by Crippen LogP contribution is -2.32. The van der Waals surface area contributed by atoms with Crippen molar-refractivity contribution < 1.29 is 13.2 Å². The van der Waals surface area contributed by atoms with Gasteiger partial charge in [-0.2, -0.15) is 0 Å². The number of aromatic nitrogens is 1. The van der Waals surface area contributed by atoms with Crippen LogP contribution in [-0.2, 0) is 12.8 Å². The van der Waals surface area contributed by atoms with E-state index in [2.05, 4.69) is 29.0 Å². The zero-order valence-electron chi connectivity index (χ0n) is 25.3. The van der Waals surface area contributed by atoms with E-state index in [0.29, 0.717) is 19.4 Å². The number of para-hydroxylation sites is 1. The van der Waals surface area contributed by atoms with E-state index in [1.54, 1.807) is 13.8 Å². The smallest absolute Gasteiger partial charge is 0.130 e. The number of hydrogen-bond acceptors (Lipinski definition) is 2. The van der Waals surface area contributed by atoms with Gasteiger partial charge in [-0.15, -0.1) is 0 Å². The van der Waals surface area contributed by atoms with Crippen LogP contribution in [0.3, 0.4) is 0 Å². The molecule has 1 heterocycles. The quantitative estimate of drug-likeness (QED) is 0.153. The van der Waals surface area contributed by atoms with Crippen molar-refractivity contribution in [2.45, 2.75) is 97.6 Å². The summed E-state index contributed by atoms with van der Waals surface area (Å²) in [7, 11) is 0. The lowest BCUT2D eigenvalue weighted by molar-refractivity contribution is 0.211. The van der Waals surface area contributed by atoms with Gasteiger partial charge >= 0.3 is 0 Å². The average Bonchev–Trinajstić information content (AvgIpc) is 3.26. The monoisotopic (exact) mass is 557 g/mol. The van der Waals surface area contributed by atoms with Gasteiger partial charge in [0.1, 0.15) is 17.3 Å². The maximum atomic E-state index is 15.4. The van der Waals surface area contributed by atoms with Gasteiger partial charge in [0.15, 0.2) is 0 Å². The van der Waals surface area contributed by atoms with Crippen LogP contribution in [0.2, 0.25) is 0 Å². The molecule has 0 aliphatic rings. The zero-order chi connectivity index (χ0) is 29.1. The van der Waals surface area contributed by atoms with E-state index in [0.717, 1.165) is 66.6 Å². The summed E-state index contributed by atoms with van der Waals surface area (Å²) in [5.74, 6) is -1.46. The molecule has 0 radical (unpaired) electrons. The molecule has 0 bridgehead atoms. The predicted octanol–water partition coefficient (Wildman–Crippen LogP) is 8.70. The van der Waals surface area contributed by atoms with Gasteiger partial charge in [0.05, 0.1) is 0 Å². The second kappa shape index (κ2) is 15.6. The van der Waals surface area contributed by atoms with Crippen LogP contribution in [0.25, 0.3) is 10.9 Å². The minimum absolute atomic E-state index is 0.0985. The number of halogens is 3. The van der Waals surface area contributed by atoms with Crippen molar-refractivity contribution in [3.8, 4) is 0 Å². The second-order valence-corrected chi connectivity index (χ2v) is 11.9. The number of nitrogens with one attached hydrogen (secondary N) is 2. The van der Waals surface area contributed by atoms with Crippen molar-refractivity contribution in [3.63, 3.8) is 0 Å². The molecular weight excluding hydrogens is 507 g/mol. The Kier molecular flexibility index (Phi) is 12.6. The molecule has 1 aromatic heterocycles. The standard InChI is InChI=1S/C34H50F3N3/c1-6-19-40(20-7-2)21-13-9-8-10-14-26-22-29(35)32(30(36)23-26)25(3)33-28(17-18-38-24-34(4,5)37)27-15-11-12-16-31(27)39-33/h11-12,15-16,22-23,25,38-39H,6-10,13-14,17-21,24H2,1-5H3. The summed E-state index contributed by atoms with van der Waals surface area (Å²) in [6, 6.07) is 11.0. The first-order valence-corrected chi connectivity index (χ1v) is 15.3. The summed E-state index contributed by atoms with van der Waals surface area (Å²) in [5, 5.41) is 4.21. The van der Waals surface area contributed by atoms with Gasteiger partial charge in [0, 0.05) is 34.6 Å². The van der Waals surface area contributed by atoms with E-state index in [9.17, 15) is 4.39 Å². The molecule has 0 aliphatic carbocycles. The minimum atomic E-state index is -1.30. The van der Waals surface area contributed by atoms with Gasteiger partial charge < -0.3 is 15.2 Å². The molecule has 2 aromatic carbocycles. The van der Waals surface area contributed by atoms with Crippen LogP contribution >= 0.6 is 0 Å². The Morgan fingerprint density at radius 3 is 2.20 bits per heavy atom. The van der Waals surface area contributed by atoms with Crippen LogP contribution in [0.4, 0.5) is 13.2 Å². The number of rotatable bonds is 18. The fraction of sp³-hybridized carbons (Fsp3) is 0.588. The first kappa shape index (κ1) is 32.2. The topological polar surface area (TPSA) is 31.1 Å². The number of alkyl halides is 1.